The molecule has 3 aromatic heterocycles. The molecule has 0 N–H and O–H groups in total. The van der Waals surface area contributed by atoms with Gasteiger partial charge in [0.25, 0.3) is 0 Å². The summed E-state index contributed by atoms with van der Waals surface area (Å²) in [6, 6.07) is 67.4. The monoisotopic (exact) mass is 827 g/mol. The Kier molecular flexibility index (Phi) is 9.21. The summed E-state index contributed by atoms with van der Waals surface area (Å²) in [5.41, 5.74) is 14.4. The van der Waals surface area contributed by atoms with Gasteiger partial charge in [0.2, 0.25) is 5.95 Å². The summed E-state index contributed by atoms with van der Waals surface area (Å²) in [4.78, 5) is 16.1. The first kappa shape index (κ1) is 39.2. The first-order chi connectivity index (χ1) is 31.0. The highest BCUT2D eigenvalue weighted by atomic mass is 15.2. The van der Waals surface area contributed by atoms with E-state index < -0.39 is 0 Å². The van der Waals surface area contributed by atoms with Crippen LogP contribution in [0.15, 0.2) is 188 Å². The molecule has 0 radical (unpaired) electrons. The van der Waals surface area contributed by atoms with Gasteiger partial charge in [-0.2, -0.15) is 9.97 Å². The molecule has 64 heavy (non-hydrogen) atoms. The normalized spacial score (nSPS) is 12.2. The molecular weight excluding hydrogens is 779 g/mol. The van der Waals surface area contributed by atoms with Gasteiger partial charge in [-0.05, 0) is 92.7 Å². The van der Waals surface area contributed by atoms with Crippen molar-refractivity contribution in [3.63, 3.8) is 0 Å². The van der Waals surface area contributed by atoms with E-state index in [0.29, 0.717) is 17.6 Å². The smallest absolute Gasteiger partial charge is 0.238 e. The Hall–Kier alpha value is -7.63. The lowest BCUT2D eigenvalue weighted by Crippen LogP contribution is -2.11. The molecule has 0 aliphatic rings. The lowest BCUT2D eigenvalue weighted by molar-refractivity contribution is 0.591. The number of aromatic nitrogens is 5. The summed E-state index contributed by atoms with van der Waals surface area (Å²) in [5, 5.41) is 4.71. The zero-order valence-corrected chi connectivity index (χ0v) is 37.1. The Morgan fingerprint density at radius 1 is 0.328 bits per heavy atom. The van der Waals surface area contributed by atoms with E-state index >= 15 is 0 Å². The molecule has 0 fully saturated rings. The molecule has 0 spiro atoms. The van der Waals surface area contributed by atoms with E-state index in [4.69, 9.17) is 15.0 Å². The number of rotatable bonds is 6. The maximum Gasteiger partial charge on any atom is 0.238 e. The number of hydrogen-bond acceptors (Lipinski definition) is 3. The summed E-state index contributed by atoms with van der Waals surface area (Å²) >= 11 is 0. The minimum Gasteiger partial charge on any atom is -0.307 e. The van der Waals surface area contributed by atoms with Gasteiger partial charge in [-0.3, -0.25) is 4.57 Å². The van der Waals surface area contributed by atoms with Gasteiger partial charge in [0.15, 0.2) is 11.6 Å². The number of hydrogen-bond donors (Lipinski definition) is 0. The fourth-order valence-electron chi connectivity index (χ4n) is 9.24. The van der Waals surface area contributed by atoms with E-state index in [1.807, 2.05) is 18.2 Å². The van der Waals surface area contributed by atoms with Gasteiger partial charge in [0, 0.05) is 38.4 Å². The van der Waals surface area contributed by atoms with E-state index in [1.54, 1.807) is 0 Å². The molecule has 0 saturated heterocycles. The number of benzene rings is 8. The molecule has 3 heterocycles. The molecule has 11 rings (SSSR count). The average molecular weight is 828 g/mol. The third-order valence-corrected chi connectivity index (χ3v) is 12.7. The maximum absolute atomic E-state index is 5.48. The second kappa shape index (κ2) is 15.0. The second-order valence-electron chi connectivity index (χ2n) is 19.0. The Bertz CT molecular complexity index is 3550. The van der Waals surface area contributed by atoms with Gasteiger partial charge in [0.1, 0.15) is 0 Å². The van der Waals surface area contributed by atoms with Gasteiger partial charge in [-0.25, -0.2) is 4.98 Å². The van der Waals surface area contributed by atoms with Crippen molar-refractivity contribution < 1.29 is 0 Å². The molecule has 5 heteroatoms. The molecule has 5 nitrogen and oxygen atoms in total. The Labute approximate surface area is 374 Å². The largest absolute Gasteiger partial charge is 0.307 e. The molecule has 0 aliphatic heterocycles. The molecule has 0 bridgehead atoms. The first-order valence-corrected chi connectivity index (χ1v) is 22.2. The Morgan fingerprint density at radius 2 is 0.750 bits per heavy atom. The zero-order chi connectivity index (χ0) is 43.7. The number of nitrogens with zero attached hydrogens (tertiary/aromatic N) is 5. The minimum absolute atomic E-state index is 0.0190. The van der Waals surface area contributed by atoms with E-state index in [0.717, 1.165) is 60.8 Å². The minimum atomic E-state index is -0.0541. The molecule has 0 unspecified atom stereocenters. The third kappa shape index (κ3) is 6.76. The Morgan fingerprint density at radius 3 is 1.30 bits per heavy atom. The number of fused-ring (bicyclic) bond motifs is 7. The van der Waals surface area contributed by atoms with Gasteiger partial charge < -0.3 is 4.57 Å². The molecule has 0 saturated carbocycles. The molecular formula is C59H49N5. The van der Waals surface area contributed by atoms with Crippen molar-refractivity contribution in [1.29, 1.82) is 0 Å². The predicted octanol–water partition coefficient (Wildman–Crippen LogP) is 15.3. The van der Waals surface area contributed by atoms with Gasteiger partial charge >= 0.3 is 0 Å². The van der Waals surface area contributed by atoms with Crippen molar-refractivity contribution in [3.05, 3.63) is 199 Å². The van der Waals surface area contributed by atoms with Crippen molar-refractivity contribution in [3.8, 4) is 56.7 Å². The lowest BCUT2D eigenvalue weighted by atomic mass is 9.86. The summed E-state index contributed by atoms with van der Waals surface area (Å²) in [5.74, 6) is 1.79. The fraction of sp³-hybridized carbons (Fsp3) is 0.136. The summed E-state index contributed by atoms with van der Waals surface area (Å²) in [6.45, 7) is 13.7. The highest BCUT2D eigenvalue weighted by Crippen LogP contribution is 2.44. The van der Waals surface area contributed by atoms with E-state index in [9.17, 15) is 0 Å². The van der Waals surface area contributed by atoms with Gasteiger partial charge in [-0.15, -0.1) is 0 Å². The summed E-state index contributed by atoms with van der Waals surface area (Å²) in [6.07, 6.45) is 0. The van der Waals surface area contributed by atoms with Crippen LogP contribution >= 0.6 is 0 Å². The van der Waals surface area contributed by atoms with E-state index in [-0.39, 0.29) is 10.8 Å². The standard InChI is InChI=1S/C59H49N5/c1-58(2,3)44-28-32-51-49(36-44)47-30-31-48-50-37-45(59(4,5)6)29-33-52(50)64(54(48)53(47)63(51)46-26-14-9-15-27-46)57-61-55(39-20-12-8-13-21-39)60-56(62-57)43-25-17-24-42(35-43)41-23-16-22-40(34-41)38-18-10-7-11-19-38/h7-37H,1-6H3. The van der Waals surface area contributed by atoms with E-state index in [1.165, 1.54) is 33.0 Å². The second-order valence-corrected chi connectivity index (χ2v) is 19.0. The van der Waals surface area contributed by atoms with Crippen LogP contribution in [0, 0.1) is 0 Å². The van der Waals surface area contributed by atoms with Crippen molar-refractivity contribution >= 4 is 43.6 Å². The van der Waals surface area contributed by atoms with Crippen LogP contribution in [-0.2, 0) is 10.8 Å². The van der Waals surface area contributed by atoms with Crippen LogP contribution in [0.5, 0.6) is 0 Å². The van der Waals surface area contributed by atoms with Crippen LogP contribution in [0.25, 0.3) is 100 Å². The fourth-order valence-corrected chi connectivity index (χ4v) is 9.24. The van der Waals surface area contributed by atoms with Gasteiger partial charge in [-0.1, -0.05) is 181 Å². The topological polar surface area (TPSA) is 48.5 Å². The summed E-state index contributed by atoms with van der Waals surface area (Å²) < 4.78 is 4.74. The van der Waals surface area contributed by atoms with Crippen LogP contribution in [0.1, 0.15) is 52.7 Å². The lowest BCUT2D eigenvalue weighted by Gasteiger charge is -2.19. The van der Waals surface area contributed by atoms with Crippen LogP contribution in [0.3, 0.4) is 0 Å². The molecule has 0 aliphatic carbocycles. The van der Waals surface area contributed by atoms with Crippen LogP contribution in [0.4, 0.5) is 0 Å². The first-order valence-electron chi connectivity index (χ1n) is 22.2. The Balaban J connectivity index is 1.23. The quantitative estimate of drug-likeness (QED) is 0.168. The molecule has 8 aromatic carbocycles. The molecule has 310 valence electrons. The van der Waals surface area contributed by atoms with Crippen molar-refractivity contribution in [2.24, 2.45) is 0 Å². The predicted molar refractivity (Wildman–Crippen MR) is 268 cm³/mol. The van der Waals surface area contributed by atoms with Gasteiger partial charge in [0.05, 0.1) is 22.1 Å². The average Bonchev–Trinajstić information content (AvgIpc) is 3.84. The van der Waals surface area contributed by atoms with Crippen molar-refractivity contribution in [2.45, 2.75) is 52.4 Å². The van der Waals surface area contributed by atoms with Crippen molar-refractivity contribution in [1.82, 2.24) is 24.1 Å². The zero-order valence-electron chi connectivity index (χ0n) is 37.1. The molecule has 11 aromatic rings. The SMILES string of the molecule is CC(C)(C)c1ccc2c(c1)c1ccc3c4cc(C(C)(C)C)ccc4n(-c4nc(-c5ccccc5)nc(-c5cccc(-c6cccc(-c7ccccc7)c6)c5)n4)c3c1n2-c1ccccc1. The van der Waals surface area contributed by atoms with Crippen LogP contribution in [-0.4, -0.2) is 24.1 Å². The summed E-state index contributed by atoms with van der Waals surface area (Å²) in [7, 11) is 0. The van der Waals surface area contributed by atoms with E-state index in [2.05, 4.69) is 221 Å². The third-order valence-electron chi connectivity index (χ3n) is 12.7. The highest BCUT2D eigenvalue weighted by Gasteiger charge is 2.26. The molecule has 0 amide bonds. The number of para-hydroxylation sites is 1. The maximum atomic E-state index is 5.48. The van der Waals surface area contributed by atoms with Crippen molar-refractivity contribution in [2.75, 3.05) is 0 Å². The molecule has 0 atom stereocenters. The van der Waals surface area contributed by atoms with Crippen LogP contribution < -0.4 is 0 Å². The highest BCUT2D eigenvalue weighted by molar-refractivity contribution is 6.24. The van der Waals surface area contributed by atoms with Crippen LogP contribution in [0.2, 0.25) is 0 Å².